The molecule has 2 aromatic carbocycles. The summed E-state index contributed by atoms with van der Waals surface area (Å²) in [5.41, 5.74) is 2.18. The van der Waals surface area contributed by atoms with Gasteiger partial charge in [-0.2, -0.15) is 0 Å². The smallest absolute Gasteiger partial charge is 0.254 e. The van der Waals surface area contributed by atoms with E-state index in [9.17, 15) is 14.7 Å². The highest BCUT2D eigenvalue weighted by atomic mass is 16.3. The second-order valence-corrected chi connectivity index (χ2v) is 9.04. The van der Waals surface area contributed by atoms with E-state index in [2.05, 4.69) is 4.98 Å². The van der Waals surface area contributed by atoms with Gasteiger partial charge in [0.2, 0.25) is 0 Å². The zero-order valence-corrected chi connectivity index (χ0v) is 18.0. The Bertz CT molecular complexity index is 1140. The molecule has 0 radical (unpaired) electrons. The lowest BCUT2D eigenvalue weighted by atomic mass is 9.76. The standard InChI is InChI=1S/C26H27N3O3/c30-17-22-16-26(18-29(22)25(32)19-5-2-1-3-6-19)10-13-28(14-11-26)24(31)21-8-9-23-20(15-21)7-4-12-27-23/h1-9,12,15,22,30H,10-11,13-14,16-18H2. The number of aliphatic hydroxyl groups excluding tert-OH is 1. The third kappa shape index (κ3) is 3.75. The second kappa shape index (κ2) is 8.36. The van der Waals surface area contributed by atoms with Crippen molar-refractivity contribution < 1.29 is 14.7 Å². The molecule has 6 nitrogen and oxygen atoms in total. The molecule has 1 aromatic heterocycles. The van der Waals surface area contributed by atoms with Crippen molar-refractivity contribution in [2.45, 2.75) is 25.3 Å². The highest BCUT2D eigenvalue weighted by Gasteiger charge is 2.47. The predicted octanol–water partition coefficient (Wildman–Crippen LogP) is 3.36. The van der Waals surface area contributed by atoms with Gasteiger partial charge in [0.15, 0.2) is 0 Å². The summed E-state index contributed by atoms with van der Waals surface area (Å²) >= 11 is 0. The third-order valence-corrected chi connectivity index (χ3v) is 7.07. The van der Waals surface area contributed by atoms with Gasteiger partial charge in [-0.15, -0.1) is 0 Å². The summed E-state index contributed by atoms with van der Waals surface area (Å²) < 4.78 is 0. The fraction of sp³-hybridized carbons (Fsp3) is 0.346. The maximum atomic E-state index is 13.1. The van der Waals surface area contributed by atoms with Crippen molar-refractivity contribution in [1.29, 1.82) is 0 Å². The number of fused-ring (bicyclic) bond motifs is 1. The van der Waals surface area contributed by atoms with Gasteiger partial charge in [0.05, 0.1) is 18.2 Å². The topological polar surface area (TPSA) is 73.7 Å². The van der Waals surface area contributed by atoms with Crippen LogP contribution in [0.2, 0.25) is 0 Å². The molecule has 32 heavy (non-hydrogen) atoms. The van der Waals surface area contributed by atoms with Gasteiger partial charge in [-0.3, -0.25) is 14.6 Å². The average molecular weight is 430 g/mol. The minimum absolute atomic E-state index is 0.0233. The Kier molecular flexibility index (Phi) is 5.39. The van der Waals surface area contributed by atoms with Crippen LogP contribution in [0.3, 0.4) is 0 Å². The summed E-state index contributed by atoms with van der Waals surface area (Å²) in [6, 6.07) is 18.6. The van der Waals surface area contributed by atoms with Crippen LogP contribution in [0.15, 0.2) is 66.9 Å². The molecule has 5 rings (SSSR count). The lowest BCUT2D eigenvalue weighted by molar-refractivity contribution is 0.0559. The number of piperidine rings is 1. The number of likely N-dealkylation sites (tertiary alicyclic amines) is 2. The van der Waals surface area contributed by atoms with E-state index in [4.69, 9.17) is 0 Å². The van der Waals surface area contributed by atoms with Crippen LogP contribution in [0.25, 0.3) is 10.9 Å². The number of rotatable bonds is 3. The van der Waals surface area contributed by atoms with E-state index >= 15 is 0 Å². The number of benzene rings is 2. The number of pyridine rings is 1. The number of nitrogens with zero attached hydrogens (tertiary/aromatic N) is 3. The van der Waals surface area contributed by atoms with Crippen LogP contribution in [0.4, 0.5) is 0 Å². The van der Waals surface area contributed by atoms with Gasteiger partial charge < -0.3 is 14.9 Å². The largest absolute Gasteiger partial charge is 0.394 e. The van der Waals surface area contributed by atoms with E-state index in [1.807, 2.05) is 70.5 Å². The first-order valence-electron chi connectivity index (χ1n) is 11.2. The fourth-order valence-corrected chi connectivity index (χ4v) is 5.25. The molecular formula is C26H27N3O3. The number of hydrogen-bond acceptors (Lipinski definition) is 4. The molecule has 2 aliphatic heterocycles. The van der Waals surface area contributed by atoms with Gasteiger partial charge in [-0.1, -0.05) is 24.3 Å². The molecule has 2 fully saturated rings. The fourth-order valence-electron chi connectivity index (χ4n) is 5.25. The van der Waals surface area contributed by atoms with Crippen molar-refractivity contribution in [2.75, 3.05) is 26.2 Å². The number of aliphatic hydroxyl groups is 1. The van der Waals surface area contributed by atoms with E-state index in [1.165, 1.54) is 0 Å². The molecule has 3 heterocycles. The monoisotopic (exact) mass is 429 g/mol. The summed E-state index contributed by atoms with van der Waals surface area (Å²) in [5.74, 6) is 0.0179. The Hall–Kier alpha value is -3.25. The summed E-state index contributed by atoms with van der Waals surface area (Å²) in [5, 5.41) is 10.9. The number of carbonyl (C=O) groups excluding carboxylic acids is 2. The molecule has 6 heteroatoms. The van der Waals surface area contributed by atoms with E-state index < -0.39 is 0 Å². The third-order valence-electron chi connectivity index (χ3n) is 7.07. The van der Waals surface area contributed by atoms with Crippen molar-refractivity contribution in [1.82, 2.24) is 14.8 Å². The zero-order chi connectivity index (χ0) is 22.1. The van der Waals surface area contributed by atoms with Gasteiger partial charge >= 0.3 is 0 Å². The van der Waals surface area contributed by atoms with Gasteiger partial charge in [-0.25, -0.2) is 0 Å². The van der Waals surface area contributed by atoms with Crippen LogP contribution in [0.5, 0.6) is 0 Å². The normalized spacial score (nSPS) is 20.1. The Morgan fingerprint density at radius 1 is 0.969 bits per heavy atom. The second-order valence-electron chi connectivity index (χ2n) is 9.04. The molecule has 2 saturated heterocycles. The first-order chi connectivity index (χ1) is 15.6. The molecule has 1 atom stereocenters. The number of carbonyl (C=O) groups is 2. The van der Waals surface area contributed by atoms with E-state index in [0.29, 0.717) is 30.8 Å². The maximum absolute atomic E-state index is 13.1. The first-order valence-corrected chi connectivity index (χ1v) is 11.2. The summed E-state index contributed by atoms with van der Waals surface area (Å²) in [4.78, 5) is 34.3. The molecule has 0 saturated carbocycles. The minimum atomic E-state index is -0.169. The van der Waals surface area contributed by atoms with Crippen LogP contribution in [-0.2, 0) is 0 Å². The molecule has 1 N–H and O–H groups in total. The molecule has 3 aromatic rings. The van der Waals surface area contributed by atoms with Crippen LogP contribution in [0, 0.1) is 5.41 Å². The molecular weight excluding hydrogens is 402 g/mol. The van der Waals surface area contributed by atoms with Crippen molar-refractivity contribution >= 4 is 22.7 Å². The average Bonchev–Trinajstić information content (AvgIpc) is 3.22. The SMILES string of the molecule is O=C(c1ccc2ncccc2c1)N1CCC2(CC1)CC(CO)N(C(=O)c1ccccc1)C2. The zero-order valence-electron chi connectivity index (χ0n) is 18.0. The molecule has 0 bridgehead atoms. The quantitative estimate of drug-likeness (QED) is 0.693. The maximum Gasteiger partial charge on any atom is 0.254 e. The van der Waals surface area contributed by atoms with E-state index in [0.717, 1.165) is 30.2 Å². The van der Waals surface area contributed by atoms with Crippen molar-refractivity contribution in [3.63, 3.8) is 0 Å². The molecule has 0 aliphatic carbocycles. The van der Waals surface area contributed by atoms with Crippen LogP contribution < -0.4 is 0 Å². The highest BCUT2D eigenvalue weighted by Crippen LogP contribution is 2.44. The van der Waals surface area contributed by atoms with E-state index in [-0.39, 0.29) is 29.9 Å². The van der Waals surface area contributed by atoms with Gasteiger partial charge in [0.25, 0.3) is 11.8 Å². The van der Waals surface area contributed by atoms with Crippen molar-refractivity contribution in [3.05, 3.63) is 78.0 Å². The molecule has 2 aliphatic rings. The van der Waals surface area contributed by atoms with Crippen LogP contribution in [-0.4, -0.2) is 64.0 Å². The Morgan fingerprint density at radius 2 is 1.75 bits per heavy atom. The van der Waals surface area contributed by atoms with Crippen molar-refractivity contribution in [2.24, 2.45) is 5.41 Å². The Labute approximate surface area is 187 Å². The van der Waals surface area contributed by atoms with Crippen LogP contribution >= 0.6 is 0 Å². The predicted molar refractivity (Wildman–Crippen MR) is 122 cm³/mol. The summed E-state index contributed by atoms with van der Waals surface area (Å²) in [6.07, 6.45) is 4.21. The lowest BCUT2D eigenvalue weighted by Crippen LogP contribution is -2.44. The van der Waals surface area contributed by atoms with E-state index in [1.54, 1.807) is 6.20 Å². The molecule has 164 valence electrons. The molecule has 1 unspecified atom stereocenters. The Morgan fingerprint density at radius 3 is 2.50 bits per heavy atom. The molecule has 1 spiro atoms. The number of amides is 2. The number of aromatic nitrogens is 1. The first kappa shape index (κ1) is 20.6. The minimum Gasteiger partial charge on any atom is -0.394 e. The number of hydrogen-bond donors (Lipinski definition) is 1. The van der Waals surface area contributed by atoms with Crippen LogP contribution in [0.1, 0.15) is 40.0 Å². The molecule has 2 amide bonds. The van der Waals surface area contributed by atoms with Gasteiger partial charge in [-0.05, 0) is 61.1 Å². The lowest BCUT2D eigenvalue weighted by Gasteiger charge is -2.39. The van der Waals surface area contributed by atoms with Gasteiger partial charge in [0.1, 0.15) is 0 Å². The summed E-state index contributed by atoms with van der Waals surface area (Å²) in [7, 11) is 0. The Balaban J connectivity index is 1.28. The highest BCUT2D eigenvalue weighted by molar-refractivity contribution is 5.98. The summed E-state index contributed by atoms with van der Waals surface area (Å²) in [6.45, 7) is 1.93. The van der Waals surface area contributed by atoms with Gasteiger partial charge in [0, 0.05) is 42.3 Å². The van der Waals surface area contributed by atoms with Crippen molar-refractivity contribution in [3.8, 4) is 0 Å².